The van der Waals surface area contributed by atoms with Crippen LogP contribution in [0, 0.1) is 0 Å². The Bertz CT molecular complexity index is 364. The molecule has 0 amide bonds. The van der Waals surface area contributed by atoms with E-state index in [4.69, 9.17) is 9.47 Å². The lowest BCUT2D eigenvalue weighted by atomic mass is 10.1. The average Bonchev–Trinajstić information content (AvgIpc) is 2.46. The van der Waals surface area contributed by atoms with E-state index in [9.17, 15) is 0 Å². The molecule has 2 rings (SSSR count). The van der Waals surface area contributed by atoms with Crippen molar-refractivity contribution in [1.29, 1.82) is 0 Å². The van der Waals surface area contributed by atoms with Crippen LogP contribution in [-0.4, -0.2) is 49.3 Å². The molecule has 1 aliphatic rings. The van der Waals surface area contributed by atoms with Gasteiger partial charge < -0.3 is 14.4 Å². The van der Waals surface area contributed by atoms with Gasteiger partial charge in [-0.3, -0.25) is 0 Å². The van der Waals surface area contributed by atoms with Gasteiger partial charge in [-0.25, -0.2) is 4.98 Å². The molecule has 5 heteroatoms. The summed E-state index contributed by atoms with van der Waals surface area (Å²) in [5.41, 5.74) is 1.13. The highest BCUT2D eigenvalue weighted by molar-refractivity contribution is 9.10. The van der Waals surface area contributed by atoms with Crippen molar-refractivity contribution in [2.24, 2.45) is 0 Å². The fraction of sp³-hybridized carbons (Fsp3) is 0.643. The minimum Gasteiger partial charge on any atom is -0.383 e. The molecule has 1 aliphatic heterocycles. The van der Waals surface area contributed by atoms with E-state index < -0.39 is 0 Å². The maximum atomic E-state index is 5.95. The van der Waals surface area contributed by atoms with Crippen LogP contribution in [0.5, 0.6) is 0 Å². The lowest BCUT2D eigenvalue weighted by molar-refractivity contribution is -0.00621. The molecule has 0 atom stereocenters. The highest BCUT2D eigenvalue weighted by Crippen LogP contribution is 2.16. The predicted molar refractivity (Wildman–Crippen MR) is 78.1 cm³/mol. The Morgan fingerprint density at radius 3 is 2.79 bits per heavy atom. The fourth-order valence-electron chi connectivity index (χ4n) is 2.23. The highest BCUT2D eigenvalue weighted by atomic mass is 79.9. The molecule has 0 unspecified atom stereocenters. The number of ether oxygens (including phenoxy) is 2. The SMILES string of the molecule is COCCN1CCC(OCc2ccc(Br)nc2)CC1. The smallest absolute Gasteiger partial charge is 0.106 e. The van der Waals surface area contributed by atoms with Crippen molar-refractivity contribution >= 4 is 15.9 Å². The van der Waals surface area contributed by atoms with Crippen molar-refractivity contribution in [2.75, 3.05) is 33.4 Å². The number of hydrogen-bond acceptors (Lipinski definition) is 4. The number of hydrogen-bond donors (Lipinski definition) is 0. The van der Waals surface area contributed by atoms with Crippen LogP contribution < -0.4 is 0 Å². The van der Waals surface area contributed by atoms with Crippen LogP contribution in [0.15, 0.2) is 22.9 Å². The third-order valence-corrected chi connectivity index (χ3v) is 3.89. The summed E-state index contributed by atoms with van der Waals surface area (Å²) in [6.45, 7) is 4.71. The molecule has 1 fully saturated rings. The van der Waals surface area contributed by atoms with Gasteiger partial charge in [0.25, 0.3) is 0 Å². The van der Waals surface area contributed by atoms with Crippen LogP contribution in [0.3, 0.4) is 0 Å². The van der Waals surface area contributed by atoms with Crippen molar-refractivity contribution < 1.29 is 9.47 Å². The van der Waals surface area contributed by atoms with Crippen LogP contribution in [0.2, 0.25) is 0 Å². The molecule has 1 aromatic rings. The Hall–Kier alpha value is -0.490. The number of likely N-dealkylation sites (tertiary alicyclic amines) is 1. The van der Waals surface area contributed by atoms with Gasteiger partial charge in [0, 0.05) is 32.9 Å². The Morgan fingerprint density at radius 2 is 2.16 bits per heavy atom. The number of halogens is 1. The van der Waals surface area contributed by atoms with E-state index in [1.165, 1.54) is 0 Å². The highest BCUT2D eigenvalue weighted by Gasteiger charge is 2.19. The molecule has 0 radical (unpaired) electrons. The molecular formula is C14H21BrN2O2. The normalized spacial score (nSPS) is 17.8. The second kappa shape index (κ2) is 7.94. The number of methoxy groups -OCH3 is 1. The Labute approximate surface area is 123 Å². The molecule has 0 saturated carbocycles. The van der Waals surface area contributed by atoms with E-state index in [0.717, 1.165) is 49.2 Å². The van der Waals surface area contributed by atoms with Crippen LogP contribution in [0.25, 0.3) is 0 Å². The molecule has 0 aromatic carbocycles. The summed E-state index contributed by atoms with van der Waals surface area (Å²) >= 11 is 3.33. The van der Waals surface area contributed by atoms with E-state index in [1.54, 1.807) is 7.11 Å². The van der Waals surface area contributed by atoms with Crippen molar-refractivity contribution in [3.63, 3.8) is 0 Å². The number of nitrogens with zero attached hydrogens (tertiary/aromatic N) is 2. The average molecular weight is 329 g/mol. The molecule has 0 spiro atoms. The lowest BCUT2D eigenvalue weighted by Crippen LogP contribution is -2.38. The summed E-state index contributed by atoms with van der Waals surface area (Å²) in [5.74, 6) is 0. The minimum absolute atomic E-state index is 0.377. The van der Waals surface area contributed by atoms with E-state index >= 15 is 0 Å². The quantitative estimate of drug-likeness (QED) is 0.751. The van der Waals surface area contributed by atoms with E-state index in [1.807, 2.05) is 18.3 Å². The molecule has 1 saturated heterocycles. The lowest BCUT2D eigenvalue weighted by Gasteiger charge is -2.31. The molecule has 0 N–H and O–H groups in total. The maximum absolute atomic E-state index is 5.95. The number of pyridine rings is 1. The molecule has 2 heterocycles. The molecular weight excluding hydrogens is 308 g/mol. The van der Waals surface area contributed by atoms with Gasteiger partial charge in [0.05, 0.1) is 19.3 Å². The largest absolute Gasteiger partial charge is 0.383 e. The van der Waals surface area contributed by atoms with Crippen molar-refractivity contribution in [1.82, 2.24) is 9.88 Å². The van der Waals surface area contributed by atoms with Gasteiger partial charge in [0.15, 0.2) is 0 Å². The minimum atomic E-state index is 0.377. The second-order valence-corrected chi connectivity index (χ2v) is 5.65. The van der Waals surface area contributed by atoms with Crippen molar-refractivity contribution in [2.45, 2.75) is 25.6 Å². The zero-order valence-corrected chi connectivity index (χ0v) is 12.9. The molecule has 106 valence electrons. The van der Waals surface area contributed by atoms with Gasteiger partial charge in [-0.2, -0.15) is 0 Å². The van der Waals surface area contributed by atoms with Crippen LogP contribution in [0.4, 0.5) is 0 Å². The second-order valence-electron chi connectivity index (χ2n) is 4.83. The van der Waals surface area contributed by atoms with Gasteiger partial charge in [-0.1, -0.05) is 6.07 Å². The molecule has 19 heavy (non-hydrogen) atoms. The fourth-order valence-corrected chi connectivity index (χ4v) is 2.46. The van der Waals surface area contributed by atoms with Gasteiger partial charge >= 0.3 is 0 Å². The summed E-state index contributed by atoms with van der Waals surface area (Å²) in [5, 5.41) is 0. The Kier molecular flexibility index (Phi) is 6.23. The molecule has 4 nitrogen and oxygen atoms in total. The number of rotatable bonds is 6. The Morgan fingerprint density at radius 1 is 1.37 bits per heavy atom. The molecule has 1 aromatic heterocycles. The van der Waals surface area contributed by atoms with Crippen molar-refractivity contribution in [3.8, 4) is 0 Å². The third kappa shape index (κ3) is 5.18. The monoisotopic (exact) mass is 328 g/mol. The summed E-state index contributed by atoms with van der Waals surface area (Å²) in [7, 11) is 1.75. The summed E-state index contributed by atoms with van der Waals surface area (Å²) in [6.07, 6.45) is 4.45. The third-order valence-electron chi connectivity index (χ3n) is 3.42. The van der Waals surface area contributed by atoms with Crippen LogP contribution >= 0.6 is 15.9 Å². The van der Waals surface area contributed by atoms with E-state index in [-0.39, 0.29) is 0 Å². The van der Waals surface area contributed by atoms with Crippen LogP contribution in [0.1, 0.15) is 18.4 Å². The number of aromatic nitrogens is 1. The topological polar surface area (TPSA) is 34.6 Å². The zero-order valence-electron chi connectivity index (χ0n) is 11.3. The van der Waals surface area contributed by atoms with Gasteiger partial charge in [-0.15, -0.1) is 0 Å². The summed E-state index contributed by atoms with van der Waals surface area (Å²) in [4.78, 5) is 6.64. The summed E-state index contributed by atoms with van der Waals surface area (Å²) in [6, 6.07) is 4.00. The first kappa shape index (κ1) is 14.9. The predicted octanol–water partition coefficient (Wildman–Crippen LogP) is 2.47. The van der Waals surface area contributed by atoms with Gasteiger partial charge in [-0.05, 0) is 40.4 Å². The van der Waals surface area contributed by atoms with Crippen LogP contribution in [-0.2, 0) is 16.1 Å². The first-order valence-corrected chi connectivity index (χ1v) is 7.50. The standard InChI is InChI=1S/C14H21BrN2O2/c1-18-9-8-17-6-4-13(5-7-17)19-11-12-2-3-14(15)16-10-12/h2-3,10,13H,4-9,11H2,1H3. The summed E-state index contributed by atoms with van der Waals surface area (Å²) < 4.78 is 11.9. The van der Waals surface area contributed by atoms with E-state index in [2.05, 4.69) is 25.8 Å². The Balaban J connectivity index is 1.67. The number of piperidine rings is 1. The van der Waals surface area contributed by atoms with Gasteiger partial charge in [0.1, 0.15) is 4.60 Å². The zero-order chi connectivity index (χ0) is 13.5. The first-order chi connectivity index (χ1) is 9.28. The van der Waals surface area contributed by atoms with Crippen molar-refractivity contribution in [3.05, 3.63) is 28.5 Å². The molecule has 0 bridgehead atoms. The molecule has 0 aliphatic carbocycles. The maximum Gasteiger partial charge on any atom is 0.106 e. The van der Waals surface area contributed by atoms with Gasteiger partial charge in [0.2, 0.25) is 0 Å². The first-order valence-electron chi connectivity index (χ1n) is 6.71. The van der Waals surface area contributed by atoms with E-state index in [0.29, 0.717) is 12.7 Å².